The molecule has 0 bridgehead atoms. The zero-order valence-corrected chi connectivity index (χ0v) is 12.6. The Hall–Kier alpha value is -1.11. The molecule has 1 aromatic carbocycles. The zero-order valence-electron chi connectivity index (χ0n) is 11.8. The van der Waals surface area contributed by atoms with Crippen LogP contribution < -0.4 is 14.8 Å². The van der Waals surface area contributed by atoms with Gasteiger partial charge in [-0.2, -0.15) is 0 Å². The summed E-state index contributed by atoms with van der Waals surface area (Å²) in [6.07, 6.45) is 3.00. The van der Waals surface area contributed by atoms with E-state index >= 15 is 0 Å². The number of benzene rings is 1. The van der Waals surface area contributed by atoms with Crippen molar-refractivity contribution in [1.82, 2.24) is 10.0 Å². The van der Waals surface area contributed by atoms with Crippen molar-refractivity contribution in [1.29, 1.82) is 0 Å². The first-order valence-electron chi connectivity index (χ1n) is 6.93. The molecule has 0 radical (unpaired) electrons. The van der Waals surface area contributed by atoms with E-state index in [1.807, 2.05) is 24.3 Å². The van der Waals surface area contributed by atoms with E-state index in [9.17, 15) is 8.42 Å². The van der Waals surface area contributed by atoms with Crippen LogP contribution in [0.15, 0.2) is 24.3 Å². The molecule has 1 aliphatic rings. The molecule has 2 N–H and O–H groups in total. The highest BCUT2D eigenvalue weighted by Gasteiger charge is 2.20. The SMILES string of the molecule is COc1cccc(CCNS(=O)(=O)CCNC2CC2)c1. The Morgan fingerprint density at radius 2 is 2.10 bits per heavy atom. The van der Waals surface area contributed by atoms with E-state index in [1.54, 1.807) is 7.11 Å². The van der Waals surface area contributed by atoms with E-state index in [-0.39, 0.29) is 5.75 Å². The van der Waals surface area contributed by atoms with Crippen LogP contribution in [0.2, 0.25) is 0 Å². The molecule has 1 aromatic rings. The minimum Gasteiger partial charge on any atom is -0.497 e. The Morgan fingerprint density at radius 3 is 2.80 bits per heavy atom. The van der Waals surface area contributed by atoms with E-state index < -0.39 is 10.0 Å². The van der Waals surface area contributed by atoms with Crippen LogP contribution in [-0.2, 0) is 16.4 Å². The fourth-order valence-corrected chi connectivity index (χ4v) is 2.88. The highest BCUT2D eigenvalue weighted by atomic mass is 32.2. The molecule has 2 rings (SSSR count). The normalized spacial score (nSPS) is 15.2. The molecule has 112 valence electrons. The van der Waals surface area contributed by atoms with Gasteiger partial charge in [0.25, 0.3) is 0 Å². The van der Waals surface area contributed by atoms with E-state index in [0.29, 0.717) is 25.6 Å². The third-order valence-corrected chi connectivity index (χ3v) is 4.64. The Bertz CT molecular complexity index is 527. The lowest BCUT2D eigenvalue weighted by Crippen LogP contribution is -2.33. The lowest BCUT2D eigenvalue weighted by Gasteiger charge is -2.08. The molecule has 1 fully saturated rings. The van der Waals surface area contributed by atoms with Gasteiger partial charge in [-0.15, -0.1) is 0 Å². The van der Waals surface area contributed by atoms with Gasteiger partial charge in [0.2, 0.25) is 10.0 Å². The van der Waals surface area contributed by atoms with Crippen molar-refractivity contribution in [3.05, 3.63) is 29.8 Å². The van der Waals surface area contributed by atoms with Crippen molar-refractivity contribution in [2.75, 3.05) is 26.0 Å². The molecule has 0 unspecified atom stereocenters. The number of hydrogen-bond donors (Lipinski definition) is 2. The zero-order chi connectivity index (χ0) is 14.4. The molecular weight excluding hydrogens is 276 g/mol. The average Bonchev–Trinajstić information content (AvgIpc) is 3.23. The molecule has 6 heteroatoms. The van der Waals surface area contributed by atoms with E-state index in [4.69, 9.17) is 4.74 Å². The quantitative estimate of drug-likeness (QED) is 0.711. The first-order chi connectivity index (χ1) is 9.59. The van der Waals surface area contributed by atoms with Gasteiger partial charge in [-0.3, -0.25) is 0 Å². The maximum Gasteiger partial charge on any atom is 0.212 e. The fraction of sp³-hybridized carbons (Fsp3) is 0.571. The number of sulfonamides is 1. The number of ether oxygens (including phenoxy) is 1. The molecule has 0 aromatic heterocycles. The Balaban J connectivity index is 1.70. The van der Waals surface area contributed by atoms with E-state index in [0.717, 1.165) is 11.3 Å². The van der Waals surface area contributed by atoms with E-state index in [2.05, 4.69) is 10.0 Å². The first kappa shape index (κ1) is 15.3. The van der Waals surface area contributed by atoms with Gasteiger partial charge in [0, 0.05) is 19.1 Å². The second-order valence-electron chi connectivity index (χ2n) is 5.04. The Morgan fingerprint density at radius 1 is 1.30 bits per heavy atom. The smallest absolute Gasteiger partial charge is 0.212 e. The summed E-state index contributed by atoms with van der Waals surface area (Å²) in [6, 6.07) is 8.20. The molecule has 0 saturated heterocycles. The monoisotopic (exact) mass is 298 g/mol. The summed E-state index contributed by atoms with van der Waals surface area (Å²) in [5.41, 5.74) is 1.06. The van der Waals surface area contributed by atoms with Crippen LogP contribution >= 0.6 is 0 Å². The maximum absolute atomic E-state index is 11.8. The second kappa shape index (κ2) is 7.06. The minimum atomic E-state index is -3.18. The maximum atomic E-state index is 11.8. The van der Waals surface area contributed by atoms with Crippen molar-refractivity contribution in [2.24, 2.45) is 0 Å². The van der Waals surface area contributed by atoms with E-state index in [1.165, 1.54) is 12.8 Å². The fourth-order valence-electron chi connectivity index (χ4n) is 1.94. The largest absolute Gasteiger partial charge is 0.497 e. The third kappa shape index (κ3) is 5.48. The van der Waals surface area contributed by atoms with Crippen LogP contribution in [0.4, 0.5) is 0 Å². The van der Waals surface area contributed by atoms with Crippen molar-refractivity contribution < 1.29 is 13.2 Å². The van der Waals surface area contributed by atoms with Gasteiger partial charge in [0.05, 0.1) is 12.9 Å². The summed E-state index contributed by atoms with van der Waals surface area (Å²) in [6.45, 7) is 0.943. The number of rotatable bonds is 9. The summed E-state index contributed by atoms with van der Waals surface area (Å²) in [5, 5.41) is 3.20. The van der Waals surface area contributed by atoms with Crippen molar-refractivity contribution in [3.8, 4) is 5.75 Å². The molecule has 0 spiro atoms. The van der Waals surface area contributed by atoms with Crippen LogP contribution in [0.1, 0.15) is 18.4 Å². The van der Waals surface area contributed by atoms with Gasteiger partial charge in [-0.1, -0.05) is 12.1 Å². The summed E-state index contributed by atoms with van der Waals surface area (Å²) in [4.78, 5) is 0. The number of nitrogens with one attached hydrogen (secondary N) is 2. The molecule has 1 aliphatic carbocycles. The summed E-state index contributed by atoms with van der Waals surface area (Å²) in [7, 11) is -1.56. The summed E-state index contributed by atoms with van der Waals surface area (Å²) < 4.78 is 31.3. The van der Waals surface area contributed by atoms with Gasteiger partial charge in [0.15, 0.2) is 0 Å². The number of hydrogen-bond acceptors (Lipinski definition) is 4. The molecule has 0 amide bonds. The van der Waals surface area contributed by atoms with Gasteiger partial charge in [-0.25, -0.2) is 13.1 Å². The van der Waals surface area contributed by atoms with Crippen molar-refractivity contribution in [2.45, 2.75) is 25.3 Å². The highest BCUT2D eigenvalue weighted by Crippen LogP contribution is 2.18. The van der Waals surface area contributed by atoms with Crippen LogP contribution in [0, 0.1) is 0 Å². The van der Waals surface area contributed by atoms with Crippen LogP contribution in [0.5, 0.6) is 5.75 Å². The molecule has 5 nitrogen and oxygen atoms in total. The van der Waals surface area contributed by atoms with Crippen LogP contribution in [-0.4, -0.2) is 40.4 Å². The van der Waals surface area contributed by atoms with Crippen LogP contribution in [0.25, 0.3) is 0 Å². The summed E-state index contributed by atoms with van der Waals surface area (Å²) >= 11 is 0. The molecular formula is C14H22N2O3S. The van der Waals surface area contributed by atoms with Crippen molar-refractivity contribution in [3.63, 3.8) is 0 Å². The lowest BCUT2D eigenvalue weighted by atomic mass is 10.1. The predicted molar refractivity (Wildman–Crippen MR) is 79.5 cm³/mol. The molecule has 0 atom stereocenters. The molecule has 0 aliphatic heterocycles. The lowest BCUT2D eigenvalue weighted by molar-refractivity contribution is 0.414. The topological polar surface area (TPSA) is 67.4 Å². The van der Waals surface area contributed by atoms with Gasteiger partial charge >= 0.3 is 0 Å². The third-order valence-electron chi connectivity index (χ3n) is 3.25. The highest BCUT2D eigenvalue weighted by molar-refractivity contribution is 7.89. The number of methoxy groups -OCH3 is 1. The van der Waals surface area contributed by atoms with Crippen LogP contribution in [0.3, 0.4) is 0 Å². The van der Waals surface area contributed by atoms with Gasteiger partial charge in [-0.05, 0) is 37.0 Å². The molecule has 20 heavy (non-hydrogen) atoms. The molecule has 0 heterocycles. The Kier molecular flexibility index (Phi) is 5.39. The standard InChI is InChI=1S/C14H22N2O3S/c1-19-14-4-2-3-12(11-14)7-8-16-20(17,18)10-9-15-13-5-6-13/h2-4,11,13,15-16H,5-10H2,1H3. The first-order valence-corrected chi connectivity index (χ1v) is 8.58. The minimum absolute atomic E-state index is 0.140. The summed E-state index contributed by atoms with van der Waals surface area (Å²) in [5.74, 6) is 0.931. The second-order valence-corrected chi connectivity index (χ2v) is 6.97. The Labute approximate surface area is 120 Å². The predicted octanol–water partition coefficient (Wildman–Crippen LogP) is 0.909. The van der Waals surface area contributed by atoms with Gasteiger partial charge in [0.1, 0.15) is 5.75 Å². The average molecular weight is 298 g/mol. The van der Waals surface area contributed by atoms with Crippen molar-refractivity contribution >= 4 is 10.0 Å². The van der Waals surface area contributed by atoms with Gasteiger partial charge < -0.3 is 10.1 Å². The molecule has 1 saturated carbocycles.